The number of ketones is 1. The molecule has 0 aliphatic rings. The predicted molar refractivity (Wildman–Crippen MR) is 104 cm³/mol. The number of nitrogens with one attached hydrogen (secondary N) is 1. The summed E-state index contributed by atoms with van der Waals surface area (Å²) in [5.41, 5.74) is 0.441. The quantitative estimate of drug-likeness (QED) is 0.495. The summed E-state index contributed by atoms with van der Waals surface area (Å²) in [5.74, 6) is -1.28. The third kappa shape index (κ3) is 4.37. The van der Waals surface area contributed by atoms with Gasteiger partial charge in [0.2, 0.25) is 5.91 Å². The Morgan fingerprint density at radius 3 is 2.70 bits per heavy atom. The van der Waals surface area contributed by atoms with E-state index in [4.69, 9.17) is 11.6 Å². The number of imidazole rings is 1. The van der Waals surface area contributed by atoms with E-state index in [-0.39, 0.29) is 22.8 Å². The number of anilines is 1. The van der Waals surface area contributed by atoms with Gasteiger partial charge >= 0.3 is 0 Å². The summed E-state index contributed by atoms with van der Waals surface area (Å²) in [6.45, 7) is 0. The van der Waals surface area contributed by atoms with Crippen LogP contribution in [0.3, 0.4) is 0 Å². The molecule has 0 aliphatic carbocycles. The number of benzene rings is 2. The normalized spacial score (nSPS) is 10.6. The topological polar surface area (TPSA) is 66.1 Å². The van der Waals surface area contributed by atoms with Gasteiger partial charge in [0.15, 0.2) is 10.9 Å². The second-order valence-corrected chi connectivity index (χ2v) is 7.01. The van der Waals surface area contributed by atoms with E-state index in [0.29, 0.717) is 15.9 Å². The van der Waals surface area contributed by atoms with E-state index < -0.39 is 11.6 Å². The van der Waals surface area contributed by atoms with E-state index in [9.17, 15) is 14.0 Å². The number of aromatic nitrogens is 2. The zero-order valence-electron chi connectivity index (χ0n) is 14.3. The molecule has 0 aliphatic heterocycles. The van der Waals surface area contributed by atoms with Crippen LogP contribution in [0.5, 0.6) is 0 Å². The number of H-pyrrole nitrogens is 1. The van der Waals surface area contributed by atoms with Crippen molar-refractivity contribution in [3.05, 3.63) is 76.8 Å². The molecule has 0 bridgehead atoms. The summed E-state index contributed by atoms with van der Waals surface area (Å²) >= 11 is 7.28. The van der Waals surface area contributed by atoms with E-state index in [0.717, 1.165) is 0 Å². The molecule has 3 aromatic rings. The highest BCUT2D eigenvalue weighted by molar-refractivity contribution is 7.99. The zero-order chi connectivity index (χ0) is 19.4. The van der Waals surface area contributed by atoms with E-state index in [1.165, 1.54) is 40.9 Å². The van der Waals surface area contributed by atoms with Crippen LogP contribution in [0.25, 0.3) is 0 Å². The second-order valence-electron chi connectivity index (χ2n) is 5.61. The number of nitrogens with zero attached hydrogens (tertiary/aromatic N) is 2. The van der Waals surface area contributed by atoms with Gasteiger partial charge in [0.1, 0.15) is 5.82 Å². The van der Waals surface area contributed by atoms with Crippen molar-refractivity contribution in [3.8, 4) is 0 Å². The highest BCUT2D eigenvalue weighted by atomic mass is 35.5. The third-order valence-electron chi connectivity index (χ3n) is 3.86. The first-order valence-electron chi connectivity index (χ1n) is 7.95. The van der Waals surface area contributed by atoms with Gasteiger partial charge in [0.25, 0.3) is 0 Å². The number of halogens is 2. The molecule has 0 spiro atoms. The predicted octanol–water partition coefficient (Wildman–Crippen LogP) is 4.19. The van der Waals surface area contributed by atoms with Gasteiger partial charge in [-0.15, -0.1) is 0 Å². The Hall–Kier alpha value is -2.64. The van der Waals surface area contributed by atoms with Gasteiger partial charge in [-0.3, -0.25) is 9.59 Å². The van der Waals surface area contributed by atoms with E-state index in [1.54, 1.807) is 37.6 Å². The molecule has 1 heterocycles. The Balaban J connectivity index is 1.88. The summed E-state index contributed by atoms with van der Waals surface area (Å²) in [7, 11) is 1.56. The van der Waals surface area contributed by atoms with Crippen molar-refractivity contribution in [2.24, 2.45) is 0 Å². The molecule has 1 amide bonds. The average Bonchev–Trinajstić information content (AvgIpc) is 3.19. The fourth-order valence-corrected chi connectivity index (χ4v) is 3.38. The van der Waals surface area contributed by atoms with Gasteiger partial charge in [-0.25, -0.2) is 9.37 Å². The average molecular weight is 404 g/mol. The molecule has 0 atom stereocenters. The molecule has 2 aromatic carbocycles. The van der Waals surface area contributed by atoms with Crippen LogP contribution in [0.15, 0.2) is 60.0 Å². The summed E-state index contributed by atoms with van der Waals surface area (Å²) in [5, 5.41) is 0.944. The van der Waals surface area contributed by atoms with Crippen molar-refractivity contribution in [2.75, 3.05) is 17.7 Å². The van der Waals surface area contributed by atoms with Gasteiger partial charge in [0.05, 0.1) is 17.0 Å². The highest BCUT2D eigenvalue weighted by Crippen LogP contribution is 2.28. The fraction of sp³-hybridized carbons (Fsp3) is 0.105. The Labute approximate surface area is 164 Å². The van der Waals surface area contributed by atoms with Crippen molar-refractivity contribution in [3.63, 3.8) is 0 Å². The van der Waals surface area contributed by atoms with E-state index >= 15 is 0 Å². The summed E-state index contributed by atoms with van der Waals surface area (Å²) < 4.78 is 14.0. The van der Waals surface area contributed by atoms with Crippen molar-refractivity contribution in [1.82, 2.24) is 9.97 Å². The molecular weight excluding hydrogens is 389 g/mol. The third-order valence-corrected chi connectivity index (χ3v) is 4.99. The molecule has 8 heteroatoms. The lowest BCUT2D eigenvalue weighted by atomic mass is 10.0. The summed E-state index contributed by atoms with van der Waals surface area (Å²) in [6.07, 6.45) is 3.27. The van der Waals surface area contributed by atoms with Crippen LogP contribution in [0.1, 0.15) is 15.9 Å². The van der Waals surface area contributed by atoms with Crippen LogP contribution in [0.4, 0.5) is 10.1 Å². The maximum atomic E-state index is 14.0. The molecule has 0 unspecified atom stereocenters. The minimum atomic E-state index is -0.629. The molecule has 0 saturated heterocycles. The minimum Gasteiger partial charge on any atom is -0.340 e. The monoisotopic (exact) mass is 403 g/mol. The van der Waals surface area contributed by atoms with Crippen LogP contribution in [-0.4, -0.2) is 34.5 Å². The van der Waals surface area contributed by atoms with Gasteiger partial charge in [-0.2, -0.15) is 0 Å². The van der Waals surface area contributed by atoms with E-state index in [1.807, 2.05) is 0 Å². The lowest BCUT2D eigenvalue weighted by molar-refractivity contribution is -0.115. The molecular formula is C19H15ClFN3O2S. The molecule has 1 N–H and O–H groups in total. The molecule has 1 aromatic heterocycles. The van der Waals surface area contributed by atoms with Gasteiger partial charge < -0.3 is 9.88 Å². The molecule has 0 fully saturated rings. The lowest BCUT2D eigenvalue weighted by Gasteiger charge is -2.20. The molecule has 138 valence electrons. The van der Waals surface area contributed by atoms with Crippen LogP contribution in [0, 0.1) is 5.82 Å². The van der Waals surface area contributed by atoms with Gasteiger partial charge in [-0.05, 0) is 30.3 Å². The number of amides is 1. The molecule has 0 saturated carbocycles. The molecule has 27 heavy (non-hydrogen) atoms. The Kier molecular flexibility index (Phi) is 5.93. The lowest BCUT2D eigenvalue weighted by Crippen LogP contribution is -2.29. The van der Waals surface area contributed by atoms with Crippen LogP contribution in [-0.2, 0) is 4.79 Å². The molecule has 3 rings (SSSR count). The number of aromatic amines is 1. The summed E-state index contributed by atoms with van der Waals surface area (Å²) in [4.78, 5) is 33.7. The maximum absolute atomic E-state index is 14.0. The number of thioether (sulfide) groups is 1. The maximum Gasteiger partial charge on any atom is 0.237 e. The van der Waals surface area contributed by atoms with Gasteiger partial charge in [-0.1, -0.05) is 35.5 Å². The first kappa shape index (κ1) is 19.1. The fourth-order valence-electron chi connectivity index (χ4n) is 2.46. The number of carbonyl (C=O) groups excluding carboxylic acids is 2. The Morgan fingerprint density at radius 1 is 1.22 bits per heavy atom. The standard InChI is InChI=1S/C19H15ClFN3O2S/c1-24(17(25)11-27-19-22-8-9-23-19)16-7-6-12(20)10-14(16)18(26)13-4-2-3-5-15(13)21/h2-10H,11H2,1H3,(H,22,23). The van der Waals surface area contributed by atoms with Crippen molar-refractivity contribution in [2.45, 2.75) is 5.16 Å². The molecule has 5 nitrogen and oxygen atoms in total. The Morgan fingerprint density at radius 2 is 2.00 bits per heavy atom. The largest absolute Gasteiger partial charge is 0.340 e. The first-order chi connectivity index (χ1) is 13.0. The minimum absolute atomic E-state index is 0.0770. The summed E-state index contributed by atoms with van der Waals surface area (Å²) in [6, 6.07) is 10.3. The SMILES string of the molecule is CN(C(=O)CSc1ncc[nH]1)c1ccc(Cl)cc1C(=O)c1ccccc1F. The molecule has 0 radical (unpaired) electrons. The zero-order valence-corrected chi connectivity index (χ0v) is 15.9. The number of rotatable bonds is 6. The van der Waals surface area contributed by atoms with Crippen molar-refractivity contribution in [1.29, 1.82) is 0 Å². The van der Waals surface area contributed by atoms with Crippen LogP contribution in [0.2, 0.25) is 5.02 Å². The van der Waals surface area contributed by atoms with Crippen LogP contribution < -0.4 is 4.90 Å². The van der Waals surface area contributed by atoms with Crippen LogP contribution >= 0.6 is 23.4 Å². The smallest absolute Gasteiger partial charge is 0.237 e. The Bertz CT molecular complexity index is 979. The van der Waals surface area contributed by atoms with E-state index in [2.05, 4.69) is 9.97 Å². The first-order valence-corrected chi connectivity index (χ1v) is 9.31. The number of hydrogen-bond acceptors (Lipinski definition) is 4. The van der Waals surface area contributed by atoms with Crippen molar-refractivity contribution < 1.29 is 14.0 Å². The number of carbonyl (C=O) groups is 2. The van der Waals surface area contributed by atoms with Gasteiger partial charge in [0, 0.05) is 30.0 Å². The van der Waals surface area contributed by atoms with Crippen molar-refractivity contribution >= 4 is 40.7 Å². The highest BCUT2D eigenvalue weighted by Gasteiger charge is 2.22. The second kappa shape index (κ2) is 8.37. The number of hydrogen-bond donors (Lipinski definition) is 1.